The molecule has 2 heterocycles. The summed E-state index contributed by atoms with van der Waals surface area (Å²) in [6.07, 6.45) is 2.64. The highest BCUT2D eigenvalue weighted by atomic mass is 32.2. The maximum atomic E-state index is 3.79. The van der Waals surface area contributed by atoms with E-state index in [1.807, 2.05) is 11.3 Å². The molecular weight excluding hydrogens is 258 g/mol. The van der Waals surface area contributed by atoms with Gasteiger partial charge in [0, 0.05) is 21.7 Å². The first-order valence-corrected chi connectivity index (χ1v) is 8.62. The number of thiophene rings is 1. The highest BCUT2D eigenvalue weighted by Gasteiger charge is 2.17. The maximum Gasteiger partial charge on any atom is 0.0388 e. The number of fused-ring (bicyclic) bond motifs is 1. The Morgan fingerprint density at radius 2 is 2.00 bits per heavy atom. The van der Waals surface area contributed by atoms with Crippen LogP contribution >= 0.6 is 23.1 Å². The number of nitrogens with one attached hydrogen (secondary N) is 1. The molecule has 0 saturated carbocycles. The Bertz CT molecular complexity index is 481. The monoisotopic (exact) mass is 277 g/mol. The van der Waals surface area contributed by atoms with E-state index in [0.29, 0.717) is 12.1 Å². The molecule has 1 fully saturated rings. The van der Waals surface area contributed by atoms with E-state index in [4.69, 9.17) is 0 Å². The predicted octanol–water partition coefficient (Wildman–Crippen LogP) is 4.45. The van der Waals surface area contributed by atoms with Crippen LogP contribution in [0.1, 0.15) is 30.7 Å². The summed E-state index contributed by atoms with van der Waals surface area (Å²) in [6, 6.07) is 12.2. The van der Waals surface area contributed by atoms with Gasteiger partial charge in [0.15, 0.2) is 0 Å². The first kappa shape index (κ1) is 12.5. The first-order valence-electron chi connectivity index (χ1n) is 6.65. The van der Waals surface area contributed by atoms with Gasteiger partial charge in [-0.2, -0.15) is 11.8 Å². The van der Waals surface area contributed by atoms with Crippen molar-refractivity contribution in [1.82, 2.24) is 5.32 Å². The van der Waals surface area contributed by atoms with Gasteiger partial charge in [0.1, 0.15) is 0 Å². The third kappa shape index (κ3) is 2.73. The van der Waals surface area contributed by atoms with E-state index in [0.717, 1.165) is 0 Å². The van der Waals surface area contributed by atoms with Crippen LogP contribution in [0.3, 0.4) is 0 Å². The Balaban J connectivity index is 1.72. The summed E-state index contributed by atoms with van der Waals surface area (Å²) in [7, 11) is 0. The van der Waals surface area contributed by atoms with Crippen LogP contribution in [0.2, 0.25) is 0 Å². The van der Waals surface area contributed by atoms with Gasteiger partial charge >= 0.3 is 0 Å². The second-order valence-corrected chi connectivity index (χ2v) is 7.30. The molecule has 1 aromatic heterocycles. The fourth-order valence-corrected chi connectivity index (χ4v) is 4.70. The third-order valence-corrected chi connectivity index (χ3v) is 5.93. The van der Waals surface area contributed by atoms with Gasteiger partial charge < -0.3 is 5.32 Å². The summed E-state index contributed by atoms with van der Waals surface area (Å²) in [5.74, 6) is 2.63. The topological polar surface area (TPSA) is 12.0 Å². The fraction of sp³-hybridized carbons (Fsp3) is 0.467. The Morgan fingerprint density at radius 1 is 1.22 bits per heavy atom. The molecule has 1 saturated heterocycles. The standard InChI is InChI=1S/C15H19NS2/c1-11(16-13-6-8-17-9-7-13)15-10-12-4-2-3-5-14(12)18-15/h2-5,10-11,13,16H,6-9H2,1H3. The molecule has 1 unspecified atom stereocenters. The lowest BCUT2D eigenvalue weighted by atomic mass is 10.1. The van der Waals surface area contributed by atoms with E-state index in [-0.39, 0.29) is 0 Å². The summed E-state index contributed by atoms with van der Waals surface area (Å²) in [6.45, 7) is 2.30. The minimum absolute atomic E-state index is 0.482. The summed E-state index contributed by atoms with van der Waals surface area (Å²) >= 11 is 4.01. The molecular formula is C15H19NS2. The van der Waals surface area contributed by atoms with Gasteiger partial charge in [-0.15, -0.1) is 11.3 Å². The molecule has 0 radical (unpaired) electrons. The van der Waals surface area contributed by atoms with Gasteiger partial charge in [0.05, 0.1) is 0 Å². The normalized spacial score (nSPS) is 19.2. The van der Waals surface area contributed by atoms with Gasteiger partial charge in [0.25, 0.3) is 0 Å². The molecule has 1 aliphatic heterocycles. The lowest BCUT2D eigenvalue weighted by Crippen LogP contribution is -2.34. The SMILES string of the molecule is CC(NC1CCSCC1)c1cc2ccccc2s1. The van der Waals surface area contributed by atoms with Gasteiger partial charge in [-0.3, -0.25) is 0 Å². The van der Waals surface area contributed by atoms with Crippen LogP contribution in [-0.2, 0) is 0 Å². The fourth-order valence-electron chi connectivity index (χ4n) is 2.52. The van der Waals surface area contributed by atoms with Crippen LogP contribution in [-0.4, -0.2) is 17.5 Å². The number of hydrogen-bond donors (Lipinski definition) is 1. The van der Waals surface area contributed by atoms with Crippen molar-refractivity contribution in [3.05, 3.63) is 35.2 Å². The zero-order valence-electron chi connectivity index (χ0n) is 10.7. The zero-order chi connectivity index (χ0) is 12.4. The van der Waals surface area contributed by atoms with Gasteiger partial charge in [-0.25, -0.2) is 0 Å². The van der Waals surface area contributed by atoms with Crippen molar-refractivity contribution < 1.29 is 0 Å². The summed E-state index contributed by atoms with van der Waals surface area (Å²) in [4.78, 5) is 1.47. The van der Waals surface area contributed by atoms with Gasteiger partial charge in [0.2, 0.25) is 0 Å². The van der Waals surface area contributed by atoms with Crippen molar-refractivity contribution >= 4 is 33.2 Å². The van der Waals surface area contributed by atoms with Crippen LogP contribution in [0.5, 0.6) is 0 Å². The van der Waals surface area contributed by atoms with E-state index in [1.165, 1.54) is 39.3 Å². The predicted molar refractivity (Wildman–Crippen MR) is 83.7 cm³/mol. The lowest BCUT2D eigenvalue weighted by Gasteiger charge is -2.25. The molecule has 1 atom stereocenters. The quantitative estimate of drug-likeness (QED) is 0.889. The molecule has 3 heteroatoms. The minimum Gasteiger partial charge on any atom is -0.307 e. The van der Waals surface area contributed by atoms with Crippen molar-refractivity contribution in [3.8, 4) is 0 Å². The zero-order valence-corrected chi connectivity index (χ0v) is 12.3. The first-order chi connectivity index (χ1) is 8.83. The van der Waals surface area contributed by atoms with Gasteiger partial charge in [-0.1, -0.05) is 18.2 Å². The molecule has 1 N–H and O–H groups in total. The van der Waals surface area contributed by atoms with Crippen molar-refractivity contribution in [2.45, 2.75) is 31.8 Å². The third-order valence-electron chi connectivity index (χ3n) is 3.58. The minimum atomic E-state index is 0.482. The molecule has 3 rings (SSSR count). The average Bonchev–Trinajstić information content (AvgIpc) is 2.84. The summed E-state index contributed by atoms with van der Waals surface area (Å²) in [5, 5.41) is 5.17. The summed E-state index contributed by atoms with van der Waals surface area (Å²) < 4.78 is 1.40. The molecule has 0 bridgehead atoms. The van der Waals surface area contributed by atoms with Crippen LogP contribution < -0.4 is 5.32 Å². The Hall–Kier alpha value is -0.510. The van der Waals surface area contributed by atoms with Crippen molar-refractivity contribution in [1.29, 1.82) is 0 Å². The van der Waals surface area contributed by atoms with Crippen molar-refractivity contribution in [3.63, 3.8) is 0 Å². The van der Waals surface area contributed by atoms with Crippen LogP contribution in [0.25, 0.3) is 10.1 Å². The average molecular weight is 277 g/mol. The van der Waals surface area contributed by atoms with Crippen molar-refractivity contribution in [2.75, 3.05) is 11.5 Å². The molecule has 1 aliphatic rings. The largest absolute Gasteiger partial charge is 0.307 e. The van der Waals surface area contributed by atoms with Crippen LogP contribution in [0, 0.1) is 0 Å². The molecule has 1 aromatic carbocycles. The molecule has 0 spiro atoms. The second-order valence-electron chi connectivity index (χ2n) is 4.96. The maximum absolute atomic E-state index is 3.79. The Kier molecular flexibility index (Phi) is 3.92. The van der Waals surface area contributed by atoms with Crippen LogP contribution in [0.15, 0.2) is 30.3 Å². The molecule has 0 amide bonds. The second kappa shape index (κ2) is 5.64. The smallest absolute Gasteiger partial charge is 0.0388 e. The Labute approximate surface area is 117 Å². The molecule has 0 aliphatic carbocycles. The molecule has 1 nitrogen and oxygen atoms in total. The lowest BCUT2D eigenvalue weighted by molar-refractivity contribution is 0.435. The summed E-state index contributed by atoms with van der Waals surface area (Å²) in [5.41, 5.74) is 0. The highest BCUT2D eigenvalue weighted by Crippen LogP contribution is 2.30. The van der Waals surface area contributed by atoms with Crippen molar-refractivity contribution in [2.24, 2.45) is 0 Å². The van der Waals surface area contributed by atoms with E-state index in [1.54, 1.807) is 0 Å². The number of rotatable bonds is 3. The molecule has 96 valence electrons. The highest BCUT2D eigenvalue weighted by molar-refractivity contribution is 7.99. The Morgan fingerprint density at radius 3 is 2.78 bits per heavy atom. The molecule has 2 aromatic rings. The number of thioether (sulfide) groups is 1. The van der Waals surface area contributed by atoms with Gasteiger partial charge in [-0.05, 0) is 48.8 Å². The number of benzene rings is 1. The van der Waals surface area contributed by atoms with Crippen LogP contribution in [0.4, 0.5) is 0 Å². The van der Waals surface area contributed by atoms with E-state index in [2.05, 4.69) is 54.3 Å². The van der Waals surface area contributed by atoms with E-state index < -0.39 is 0 Å². The van der Waals surface area contributed by atoms with E-state index in [9.17, 15) is 0 Å². The molecule has 18 heavy (non-hydrogen) atoms. The van der Waals surface area contributed by atoms with E-state index >= 15 is 0 Å². The number of hydrogen-bond acceptors (Lipinski definition) is 3.